The average Bonchev–Trinajstić information content (AvgIpc) is 2.53. The molecule has 0 radical (unpaired) electrons. The van der Waals surface area contributed by atoms with E-state index in [2.05, 4.69) is 28.7 Å². The molecule has 2 N–H and O–H groups in total. The van der Waals surface area contributed by atoms with Crippen LogP contribution in [0.4, 0.5) is 4.79 Å². The third-order valence-electron chi connectivity index (χ3n) is 3.77. The molecular formula is C16H24N4O3. The van der Waals surface area contributed by atoms with E-state index in [0.29, 0.717) is 24.6 Å². The maximum absolute atomic E-state index is 11.7. The van der Waals surface area contributed by atoms with Crippen LogP contribution in [0, 0.1) is 0 Å². The largest absolute Gasteiger partial charge is 0.493 e. The molecule has 2 fully saturated rings. The number of imide groups is 1. The van der Waals surface area contributed by atoms with Crippen LogP contribution < -0.4 is 10.6 Å². The summed E-state index contributed by atoms with van der Waals surface area (Å²) in [5.74, 6) is 0.262. The molecule has 3 amide bonds. The van der Waals surface area contributed by atoms with E-state index in [1.54, 1.807) is 12.2 Å². The molecule has 0 spiro atoms. The molecule has 2 heterocycles. The molecule has 0 bridgehead atoms. The van der Waals surface area contributed by atoms with Crippen LogP contribution in [0.25, 0.3) is 0 Å². The molecular weight excluding hydrogens is 296 g/mol. The standard InChI is InChI=1S/C16H24N4O3/c1-13(20-8-5-15(21)18-16(20)22)3-4-14(2)23-12-11-19-9-6-17-7-10-19/h3-4,17H,1-2,5-12H2,(H,18,21,22)/b4-3-. The lowest BCUT2D eigenvalue weighted by molar-refractivity contribution is -0.121. The Kier molecular flexibility index (Phi) is 6.37. The molecule has 2 aliphatic heterocycles. The number of nitrogens with one attached hydrogen (secondary N) is 2. The zero-order chi connectivity index (χ0) is 16.7. The van der Waals surface area contributed by atoms with Gasteiger partial charge >= 0.3 is 6.03 Å². The fourth-order valence-corrected chi connectivity index (χ4v) is 2.41. The lowest BCUT2D eigenvalue weighted by atomic mass is 10.2. The Balaban J connectivity index is 1.69. The van der Waals surface area contributed by atoms with Crippen LogP contribution in [0.15, 0.2) is 36.8 Å². The summed E-state index contributed by atoms with van der Waals surface area (Å²) < 4.78 is 5.57. The SMILES string of the molecule is C=C(/C=C\C(=C)N1CCC(=O)NC1=O)OCCN1CCNCC1. The second kappa shape index (κ2) is 8.50. The monoisotopic (exact) mass is 320 g/mol. The summed E-state index contributed by atoms with van der Waals surface area (Å²) in [5.41, 5.74) is 0.502. The summed E-state index contributed by atoms with van der Waals surface area (Å²) in [5, 5.41) is 5.56. The van der Waals surface area contributed by atoms with Crippen LogP contribution in [-0.2, 0) is 9.53 Å². The number of hydrogen-bond acceptors (Lipinski definition) is 5. The molecule has 23 heavy (non-hydrogen) atoms. The van der Waals surface area contributed by atoms with Gasteiger partial charge in [0.05, 0.1) is 0 Å². The van der Waals surface area contributed by atoms with Crippen LogP contribution in [0.2, 0.25) is 0 Å². The van der Waals surface area contributed by atoms with Crippen LogP contribution in [-0.4, -0.2) is 67.6 Å². The van der Waals surface area contributed by atoms with Gasteiger partial charge in [-0.3, -0.25) is 19.9 Å². The topological polar surface area (TPSA) is 73.9 Å². The highest BCUT2D eigenvalue weighted by Crippen LogP contribution is 2.10. The van der Waals surface area contributed by atoms with Gasteiger partial charge < -0.3 is 10.1 Å². The van der Waals surface area contributed by atoms with Crippen molar-refractivity contribution in [3.05, 3.63) is 36.8 Å². The molecule has 0 saturated carbocycles. The molecule has 7 nitrogen and oxygen atoms in total. The van der Waals surface area contributed by atoms with Gasteiger partial charge in [-0.25, -0.2) is 4.79 Å². The lowest BCUT2D eigenvalue weighted by Crippen LogP contribution is -2.48. The van der Waals surface area contributed by atoms with Crippen LogP contribution in [0.5, 0.6) is 0 Å². The van der Waals surface area contributed by atoms with Gasteiger partial charge in [-0.05, 0) is 12.2 Å². The lowest BCUT2D eigenvalue weighted by Gasteiger charge is -2.27. The van der Waals surface area contributed by atoms with Gasteiger partial charge in [-0.2, -0.15) is 0 Å². The Labute approximate surface area is 136 Å². The van der Waals surface area contributed by atoms with Gasteiger partial charge in [-0.1, -0.05) is 13.2 Å². The fraction of sp³-hybridized carbons (Fsp3) is 0.500. The highest BCUT2D eigenvalue weighted by Gasteiger charge is 2.23. The normalized spacial score (nSPS) is 19.7. The van der Waals surface area contributed by atoms with Gasteiger partial charge in [-0.15, -0.1) is 0 Å². The maximum Gasteiger partial charge on any atom is 0.328 e. The van der Waals surface area contributed by atoms with Crippen molar-refractivity contribution in [1.29, 1.82) is 0 Å². The number of urea groups is 1. The molecule has 0 aromatic rings. The summed E-state index contributed by atoms with van der Waals surface area (Å²) in [4.78, 5) is 26.5. The highest BCUT2D eigenvalue weighted by molar-refractivity contribution is 5.97. The van der Waals surface area contributed by atoms with Crippen LogP contribution >= 0.6 is 0 Å². The Morgan fingerprint density at radius 1 is 1.17 bits per heavy atom. The molecule has 126 valence electrons. The third-order valence-corrected chi connectivity index (χ3v) is 3.77. The first-order chi connectivity index (χ1) is 11.1. The van der Waals surface area contributed by atoms with Crippen LogP contribution in [0.1, 0.15) is 6.42 Å². The third kappa shape index (κ3) is 5.54. The van der Waals surface area contributed by atoms with Gasteiger partial charge in [0.15, 0.2) is 0 Å². The van der Waals surface area contributed by atoms with Crippen molar-refractivity contribution < 1.29 is 14.3 Å². The van der Waals surface area contributed by atoms with Crippen molar-refractivity contribution in [2.45, 2.75) is 6.42 Å². The number of ether oxygens (including phenoxy) is 1. The number of piperazine rings is 1. The van der Waals surface area contributed by atoms with Crippen molar-refractivity contribution >= 4 is 11.9 Å². The Morgan fingerprint density at radius 3 is 2.61 bits per heavy atom. The van der Waals surface area contributed by atoms with Gasteiger partial charge in [0.2, 0.25) is 5.91 Å². The minimum atomic E-state index is -0.443. The Morgan fingerprint density at radius 2 is 1.91 bits per heavy atom. The minimum Gasteiger partial charge on any atom is -0.493 e. The predicted molar refractivity (Wildman–Crippen MR) is 87.5 cm³/mol. The summed E-state index contributed by atoms with van der Waals surface area (Å²) in [6.45, 7) is 13.5. The quantitative estimate of drug-likeness (QED) is 0.526. The van der Waals surface area contributed by atoms with E-state index < -0.39 is 6.03 Å². The molecule has 0 atom stereocenters. The smallest absolute Gasteiger partial charge is 0.328 e. The second-order valence-corrected chi connectivity index (χ2v) is 5.49. The first-order valence-corrected chi connectivity index (χ1v) is 7.79. The Bertz CT molecular complexity index is 509. The summed E-state index contributed by atoms with van der Waals surface area (Å²) in [7, 11) is 0. The number of allylic oxidation sites excluding steroid dienone is 2. The molecule has 0 aromatic carbocycles. The highest BCUT2D eigenvalue weighted by atomic mass is 16.5. The first kappa shape index (κ1) is 17.2. The molecule has 0 aromatic heterocycles. The number of hydrogen-bond donors (Lipinski definition) is 2. The summed E-state index contributed by atoms with van der Waals surface area (Å²) in [6, 6.07) is -0.443. The van der Waals surface area contributed by atoms with Crippen molar-refractivity contribution in [2.24, 2.45) is 0 Å². The van der Waals surface area contributed by atoms with E-state index in [-0.39, 0.29) is 12.3 Å². The van der Waals surface area contributed by atoms with E-state index in [0.717, 1.165) is 32.7 Å². The predicted octanol–water partition coefficient (Wildman–Crippen LogP) is 0.434. The van der Waals surface area contributed by atoms with E-state index >= 15 is 0 Å². The molecule has 2 rings (SSSR count). The fourth-order valence-electron chi connectivity index (χ4n) is 2.41. The van der Waals surface area contributed by atoms with Gasteiger partial charge in [0, 0.05) is 51.4 Å². The van der Waals surface area contributed by atoms with Crippen molar-refractivity contribution in [3.8, 4) is 0 Å². The van der Waals surface area contributed by atoms with Crippen molar-refractivity contribution in [2.75, 3.05) is 45.9 Å². The molecule has 2 saturated heterocycles. The number of amides is 3. The van der Waals surface area contributed by atoms with E-state index in [1.165, 1.54) is 4.90 Å². The van der Waals surface area contributed by atoms with Gasteiger partial charge in [0.25, 0.3) is 0 Å². The number of nitrogens with zero attached hydrogens (tertiary/aromatic N) is 2. The minimum absolute atomic E-state index is 0.260. The summed E-state index contributed by atoms with van der Waals surface area (Å²) >= 11 is 0. The van der Waals surface area contributed by atoms with Crippen LogP contribution in [0.3, 0.4) is 0 Å². The van der Waals surface area contributed by atoms with Crippen molar-refractivity contribution in [3.63, 3.8) is 0 Å². The zero-order valence-corrected chi connectivity index (χ0v) is 13.3. The number of rotatable bonds is 7. The van der Waals surface area contributed by atoms with Crippen molar-refractivity contribution in [1.82, 2.24) is 20.4 Å². The first-order valence-electron chi connectivity index (χ1n) is 7.79. The second-order valence-electron chi connectivity index (χ2n) is 5.49. The zero-order valence-electron chi connectivity index (χ0n) is 13.3. The molecule has 7 heteroatoms. The van der Waals surface area contributed by atoms with E-state index in [1.807, 2.05) is 0 Å². The van der Waals surface area contributed by atoms with Gasteiger partial charge in [0.1, 0.15) is 12.4 Å². The maximum atomic E-state index is 11.7. The van der Waals surface area contributed by atoms with E-state index in [9.17, 15) is 9.59 Å². The molecule has 2 aliphatic rings. The Hall–Kier alpha value is -2.12. The molecule has 0 unspecified atom stereocenters. The average molecular weight is 320 g/mol. The van der Waals surface area contributed by atoms with E-state index in [4.69, 9.17) is 4.74 Å². The number of carbonyl (C=O) groups excluding carboxylic acids is 2. The number of carbonyl (C=O) groups is 2. The molecule has 0 aliphatic carbocycles. The summed E-state index contributed by atoms with van der Waals surface area (Å²) in [6.07, 6.45) is 3.63.